The molecule has 360 valence electrons. The number of methoxy groups -OCH3 is 1. The summed E-state index contributed by atoms with van der Waals surface area (Å²) in [4.78, 5) is 90.0. The van der Waals surface area contributed by atoms with Gasteiger partial charge in [-0.1, -0.05) is 23.7 Å². The van der Waals surface area contributed by atoms with Crippen LogP contribution in [0.5, 0.6) is 5.75 Å². The lowest BCUT2D eigenvalue weighted by atomic mass is 10.0. The monoisotopic (exact) mass is 976 g/mol. The first-order chi connectivity index (χ1) is 33.0. The molecule has 1 unspecified atom stereocenters. The summed E-state index contributed by atoms with van der Waals surface area (Å²) in [6.45, 7) is 5.09. The Balaban J connectivity index is 0.705. The van der Waals surface area contributed by atoms with Crippen LogP contribution in [-0.4, -0.2) is 165 Å². The number of anilines is 3. The molecule has 6 amide bonds. The first-order valence-electron chi connectivity index (χ1n) is 21.8. The van der Waals surface area contributed by atoms with E-state index in [0.717, 1.165) is 4.90 Å². The summed E-state index contributed by atoms with van der Waals surface area (Å²) in [5.41, 5.74) is 1.99. The second-order valence-electron chi connectivity index (χ2n) is 15.5. The molecular formula is C46H50ClFN8O11S. The number of piperazine rings is 1. The third-order valence-corrected chi connectivity index (χ3v) is 12.3. The predicted octanol–water partition coefficient (Wildman–Crippen LogP) is 4.07. The minimum Gasteiger partial charge on any atom is -0.494 e. The van der Waals surface area contributed by atoms with Crippen molar-refractivity contribution in [2.24, 2.45) is 0 Å². The Morgan fingerprint density at radius 1 is 0.912 bits per heavy atom. The molecule has 68 heavy (non-hydrogen) atoms. The molecule has 7 rings (SSSR count). The van der Waals surface area contributed by atoms with Gasteiger partial charge in [0.15, 0.2) is 0 Å². The lowest BCUT2D eigenvalue weighted by Crippen LogP contribution is -2.54. The maximum Gasteiger partial charge on any atom is 0.263 e. The third-order valence-electron chi connectivity index (χ3n) is 11.0. The molecule has 3 aliphatic rings. The molecule has 2 fully saturated rings. The van der Waals surface area contributed by atoms with Crippen LogP contribution in [0, 0.1) is 5.82 Å². The molecular weight excluding hydrogens is 927 g/mol. The van der Waals surface area contributed by atoms with E-state index in [2.05, 4.69) is 30.8 Å². The molecule has 2 saturated heterocycles. The maximum atomic E-state index is 13.7. The Hall–Kier alpha value is -6.07. The molecule has 0 saturated carbocycles. The topological polar surface area (TPSA) is 220 Å². The Morgan fingerprint density at radius 2 is 1.65 bits per heavy atom. The molecule has 0 aliphatic carbocycles. The maximum absolute atomic E-state index is 13.7. The highest BCUT2D eigenvalue weighted by Gasteiger charge is 2.45. The second-order valence-corrected chi connectivity index (χ2v) is 17.0. The van der Waals surface area contributed by atoms with E-state index < -0.39 is 35.5 Å². The lowest BCUT2D eigenvalue weighted by Gasteiger charge is -2.34. The van der Waals surface area contributed by atoms with Crippen LogP contribution in [0.15, 0.2) is 71.9 Å². The molecule has 0 bridgehead atoms. The minimum atomic E-state index is -1.02. The summed E-state index contributed by atoms with van der Waals surface area (Å²) >= 11 is 7.32. The number of nitrogens with one attached hydrogen (secondary N) is 3. The number of nitrogens with zero attached hydrogens (tertiary/aromatic N) is 5. The highest BCUT2D eigenvalue weighted by atomic mass is 35.5. The van der Waals surface area contributed by atoms with Crippen LogP contribution in [0.25, 0.3) is 10.9 Å². The number of halogens is 2. The van der Waals surface area contributed by atoms with Crippen molar-refractivity contribution in [3.05, 3.63) is 89.0 Å². The van der Waals surface area contributed by atoms with Gasteiger partial charge in [-0.05, 0) is 42.8 Å². The molecule has 3 N–H and O–H groups in total. The molecule has 4 aromatic rings. The van der Waals surface area contributed by atoms with E-state index in [1.165, 1.54) is 49.5 Å². The summed E-state index contributed by atoms with van der Waals surface area (Å²) in [5, 5.41) is 8.73. The number of piperidine rings is 1. The van der Waals surface area contributed by atoms with E-state index in [-0.39, 0.29) is 54.0 Å². The van der Waals surface area contributed by atoms with E-state index in [1.54, 1.807) is 41.3 Å². The normalized spacial score (nSPS) is 16.4. The summed E-state index contributed by atoms with van der Waals surface area (Å²) in [6.07, 6.45) is 4.74. The van der Waals surface area contributed by atoms with Crippen LogP contribution in [-0.2, 0) is 38.1 Å². The average Bonchev–Trinajstić information content (AvgIpc) is 3.58. The van der Waals surface area contributed by atoms with Crippen molar-refractivity contribution in [2.45, 2.75) is 23.8 Å². The lowest BCUT2D eigenvalue weighted by molar-refractivity contribution is -0.138. The Bertz CT molecular complexity index is 2550. The van der Waals surface area contributed by atoms with Gasteiger partial charge in [-0.3, -0.25) is 43.9 Å². The molecule has 0 radical (unpaired) electrons. The van der Waals surface area contributed by atoms with E-state index in [0.29, 0.717) is 117 Å². The van der Waals surface area contributed by atoms with Crippen molar-refractivity contribution in [3.8, 4) is 5.75 Å². The molecule has 4 heterocycles. The highest BCUT2D eigenvalue weighted by Crippen LogP contribution is 2.35. The van der Waals surface area contributed by atoms with Crippen LogP contribution in [0.1, 0.15) is 33.6 Å². The fourth-order valence-electron chi connectivity index (χ4n) is 7.55. The predicted molar refractivity (Wildman–Crippen MR) is 249 cm³/mol. The van der Waals surface area contributed by atoms with Crippen molar-refractivity contribution in [1.82, 2.24) is 30.0 Å². The number of carbonyl (C=O) groups excluding carboxylic acids is 6. The molecule has 3 aromatic carbocycles. The van der Waals surface area contributed by atoms with Gasteiger partial charge in [-0.15, -0.1) is 11.8 Å². The van der Waals surface area contributed by atoms with Crippen LogP contribution in [0.2, 0.25) is 5.02 Å². The fraction of sp³-hybridized carbons (Fsp3) is 0.391. The zero-order valence-corrected chi connectivity index (χ0v) is 38.7. The van der Waals surface area contributed by atoms with E-state index in [1.807, 2.05) is 0 Å². The molecule has 1 atom stereocenters. The quantitative estimate of drug-likeness (QED) is 0.0413. The number of fused-ring (bicyclic) bond motifs is 2. The van der Waals surface area contributed by atoms with Crippen molar-refractivity contribution in [3.63, 3.8) is 0 Å². The second kappa shape index (κ2) is 24.3. The van der Waals surface area contributed by atoms with Crippen LogP contribution in [0.4, 0.5) is 21.6 Å². The van der Waals surface area contributed by atoms with E-state index in [9.17, 15) is 33.2 Å². The smallest absolute Gasteiger partial charge is 0.263 e. The van der Waals surface area contributed by atoms with Gasteiger partial charge in [0.1, 0.15) is 36.4 Å². The number of hydrogen-bond donors (Lipinski definition) is 3. The van der Waals surface area contributed by atoms with Gasteiger partial charge in [0.25, 0.3) is 11.8 Å². The summed E-state index contributed by atoms with van der Waals surface area (Å²) in [7, 11) is 1.49. The zero-order chi connectivity index (χ0) is 48.0. The molecule has 0 spiro atoms. The van der Waals surface area contributed by atoms with Gasteiger partial charge in [0, 0.05) is 73.0 Å². The number of aromatic nitrogens is 2. The molecule has 19 nitrogen and oxygen atoms in total. The van der Waals surface area contributed by atoms with Gasteiger partial charge >= 0.3 is 0 Å². The zero-order valence-electron chi connectivity index (χ0n) is 37.1. The summed E-state index contributed by atoms with van der Waals surface area (Å²) in [6, 6.07) is 11.6. The summed E-state index contributed by atoms with van der Waals surface area (Å²) < 4.78 is 41.5. The average molecular weight is 977 g/mol. The molecule has 1 aromatic heterocycles. The van der Waals surface area contributed by atoms with Gasteiger partial charge < -0.3 is 39.2 Å². The van der Waals surface area contributed by atoms with Gasteiger partial charge in [0.2, 0.25) is 23.6 Å². The van der Waals surface area contributed by atoms with Crippen LogP contribution >= 0.6 is 23.4 Å². The number of rotatable bonds is 23. The fourth-order valence-corrected chi connectivity index (χ4v) is 8.67. The van der Waals surface area contributed by atoms with E-state index in [4.69, 9.17) is 35.3 Å². The third kappa shape index (κ3) is 12.9. The number of imide groups is 2. The number of carbonyl (C=O) groups is 6. The highest BCUT2D eigenvalue weighted by molar-refractivity contribution is 7.99. The standard InChI is InChI=1S/C46H50ClFN8O11S/c1-63-37-26-34-31(43(50-28-49-34)51-29-7-8-33(48)32(47)24-29)25-35(37)52-39(57)6-3-11-54-12-14-55(15-13-54)41(59)27-67-21-20-65-17-16-64-18-19-66-22-23-68-38-5-2-4-30-42(38)46(62)56(45(30)61)36-9-10-40(58)53-44(36)60/h2-8,24-26,28,36H,9-23,27H2,1H3,(H,52,57)(H,49,50,51)(H,53,58,60)/b6-3+. The number of ether oxygens (including phenoxy) is 5. The van der Waals surface area contributed by atoms with Gasteiger partial charge in [-0.2, -0.15) is 0 Å². The van der Waals surface area contributed by atoms with Crippen molar-refractivity contribution < 1.29 is 56.8 Å². The Labute approximate surface area is 400 Å². The first kappa shape index (κ1) is 49.8. The van der Waals surface area contributed by atoms with E-state index >= 15 is 0 Å². The van der Waals surface area contributed by atoms with Gasteiger partial charge in [-0.25, -0.2) is 14.4 Å². The van der Waals surface area contributed by atoms with Crippen molar-refractivity contribution in [2.75, 3.05) is 109 Å². The summed E-state index contributed by atoms with van der Waals surface area (Å²) in [5.74, 6) is -1.82. The Kier molecular flexibility index (Phi) is 17.8. The minimum absolute atomic E-state index is 0.0389. The van der Waals surface area contributed by atoms with Crippen LogP contribution < -0.4 is 20.7 Å². The number of amides is 6. The molecule has 22 heteroatoms. The molecule has 3 aliphatic heterocycles. The SMILES string of the molecule is COc1cc2ncnc(Nc3ccc(F)c(Cl)c3)c2cc1NC(=O)/C=C/CN1CCN(C(=O)COCCOCCOCCOCCSc2cccc3c2C(=O)N(C2CCC(=O)NC2=O)C3=O)CC1. The van der Waals surface area contributed by atoms with Crippen molar-refractivity contribution in [1.29, 1.82) is 0 Å². The number of thioether (sulfide) groups is 1. The van der Waals surface area contributed by atoms with Crippen molar-refractivity contribution >= 4 is 86.9 Å². The van der Waals surface area contributed by atoms with Gasteiger partial charge in [0.05, 0.1) is 80.7 Å². The number of benzene rings is 3. The Morgan fingerprint density at radius 3 is 2.37 bits per heavy atom. The van der Waals surface area contributed by atoms with Crippen LogP contribution in [0.3, 0.4) is 0 Å². The number of hydrogen-bond acceptors (Lipinski definition) is 16. The first-order valence-corrected chi connectivity index (χ1v) is 23.2. The largest absolute Gasteiger partial charge is 0.494 e.